The summed E-state index contributed by atoms with van der Waals surface area (Å²) in [6.07, 6.45) is 2.29. The summed E-state index contributed by atoms with van der Waals surface area (Å²) in [7, 11) is 1.71. The van der Waals surface area contributed by atoms with Crippen molar-refractivity contribution < 1.29 is 14.6 Å². The fraction of sp³-hybridized carbons (Fsp3) is 0.625. The SMILES string of the molecule is COc1cc2c(c(CN3CCC(CO)C3)c1)OC(C)C2. The molecule has 2 aliphatic rings. The second-order valence-corrected chi connectivity index (χ2v) is 5.98. The molecule has 2 aliphatic heterocycles. The van der Waals surface area contributed by atoms with Gasteiger partial charge < -0.3 is 14.6 Å². The van der Waals surface area contributed by atoms with Crippen LogP contribution in [0, 0.1) is 5.92 Å². The number of aliphatic hydroxyl groups excluding tert-OH is 1. The molecule has 2 unspecified atom stereocenters. The van der Waals surface area contributed by atoms with Gasteiger partial charge in [-0.2, -0.15) is 0 Å². The zero-order valence-corrected chi connectivity index (χ0v) is 12.3. The molecule has 0 spiro atoms. The number of benzene rings is 1. The first-order chi connectivity index (χ1) is 9.69. The van der Waals surface area contributed by atoms with Crippen molar-refractivity contribution in [3.63, 3.8) is 0 Å². The highest BCUT2D eigenvalue weighted by Gasteiger charge is 2.27. The van der Waals surface area contributed by atoms with Gasteiger partial charge in [-0.3, -0.25) is 4.90 Å². The molecule has 0 amide bonds. The number of nitrogens with zero attached hydrogens (tertiary/aromatic N) is 1. The summed E-state index contributed by atoms with van der Waals surface area (Å²) in [4.78, 5) is 2.39. The predicted molar refractivity (Wildman–Crippen MR) is 77.3 cm³/mol. The van der Waals surface area contributed by atoms with Gasteiger partial charge in [-0.25, -0.2) is 0 Å². The van der Waals surface area contributed by atoms with Gasteiger partial charge in [-0.05, 0) is 37.9 Å². The highest BCUT2D eigenvalue weighted by atomic mass is 16.5. The van der Waals surface area contributed by atoms with E-state index in [2.05, 4.69) is 24.0 Å². The van der Waals surface area contributed by atoms with Gasteiger partial charge in [0, 0.05) is 37.2 Å². The normalized spacial score (nSPS) is 25.6. The van der Waals surface area contributed by atoms with Crippen LogP contribution in [0.4, 0.5) is 0 Å². The molecule has 4 heteroatoms. The molecule has 0 saturated carbocycles. The molecule has 4 nitrogen and oxygen atoms in total. The minimum absolute atomic E-state index is 0.250. The van der Waals surface area contributed by atoms with Crippen LogP contribution in [0.15, 0.2) is 12.1 Å². The molecule has 0 aromatic heterocycles. The fourth-order valence-corrected chi connectivity index (χ4v) is 3.26. The van der Waals surface area contributed by atoms with Gasteiger partial charge in [0.2, 0.25) is 0 Å². The topological polar surface area (TPSA) is 41.9 Å². The minimum Gasteiger partial charge on any atom is -0.497 e. The van der Waals surface area contributed by atoms with Crippen molar-refractivity contribution >= 4 is 0 Å². The van der Waals surface area contributed by atoms with Crippen LogP contribution in [-0.2, 0) is 13.0 Å². The largest absolute Gasteiger partial charge is 0.497 e. The second-order valence-electron chi connectivity index (χ2n) is 5.98. The molecule has 1 N–H and O–H groups in total. The Hall–Kier alpha value is -1.26. The number of aliphatic hydroxyl groups is 1. The Kier molecular flexibility index (Phi) is 3.85. The van der Waals surface area contributed by atoms with E-state index in [9.17, 15) is 5.11 Å². The van der Waals surface area contributed by atoms with E-state index in [-0.39, 0.29) is 6.10 Å². The maximum atomic E-state index is 9.25. The quantitative estimate of drug-likeness (QED) is 0.912. The average Bonchev–Trinajstić information content (AvgIpc) is 3.04. The van der Waals surface area contributed by atoms with Crippen LogP contribution in [0.2, 0.25) is 0 Å². The number of methoxy groups -OCH3 is 1. The number of hydrogen-bond acceptors (Lipinski definition) is 4. The van der Waals surface area contributed by atoms with E-state index >= 15 is 0 Å². The molecular formula is C16H23NO3. The highest BCUT2D eigenvalue weighted by molar-refractivity contribution is 5.49. The Balaban J connectivity index is 1.81. The van der Waals surface area contributed by atoms with E-state index in [1.807, 2.05) is 0 Å². The number of hydrogen-bond donors (Lipinski definition) is 1. The molecule has 0 radical (unpaired) electrons. The van der Waals surface area contributed by atoms with Crippen LogP contribution in [0.5, 0.6) is 11.5 Å². The molecule has 110 valence electrons. The van der Waals surface area contributed by atoms with Gasteiger partial charge in [0.15, 0.2) is 0 Å². The summed E-state index contributed by atoms with van der Waals surface area (Å²) >= 11 is 0. The summed E-state index contributed by atoms with van der Waals surface area (Å²) in [6.45, 7) is 5.29. The fourth-order valence-electron chi connectivity index (χ4n) is 3.26. The van der Waals surface area contributed by atoms with Gasteiger partial charge in [-0.1, -0.05) is 0 Å². The minimum atomic E-state index is 0.250. The standard InChI is InChI=1S/C16H23NO3/c1-11-5-13-6-15(19-2)7-14(16(13)20-11)9-17-4-3-12(8-17)10-18/h6-7,11-12,18H,3-5,8-10H2,1-2H3. The van der Waals surface area contributed by atoms with E-state index in [1.54, 1.807) is 7.11 Å². The van der Waals surface area contributed by atoms with Crippen LogP contribution in [0.25, 0.3) is 0 Å². The number of rotatable bonds is 4. The molecular weight excluding hydrogens is 254 g/mol. The van der Waals surface area contributed by atoms with Gasteiger partial charge in [0.05, 0.1) is 7.11 Å². The second kappa shape index (κ2) is 5.62. The van der Waals surface area contributed by atoms with E-state index in [0.717, 1.165) is 44.0 Å². The summed E-state index contributed by atoms with van der Waals surface area (Å²) in [5, 5.41) is 9.25. The lowest BCUT2D eigenvalue weighted by Gasteiger charge is -2.18. The van der Waals surface area contributed by atoms with Crippen molar-refractivity contribution in [1.82, 2.24) is 4.90 Å². The lowest BCUT2D eigenvalue weighted by atomic mass is 10.1. The lowest BCUT2D eigenvalue weighted by Crippen LogP contribution is -2.21. The van der Waals surface area contributed by atoms with Crippen LogP contribution in [0.3, 0.4) is 0 Å². The van der Waals surface area contributed by atoms with E-state index < -0.39 is 0 Å². The third-order valence-corrected chi connectivity index (χ3v) is 4.30. The smallest absolute Gasteiger partial charge is 0.127 e. The van der Waals surface area contributed by atoms with Crippen LogP contribution < -0.4 is 9.47 Å². The molecule has 1 saturated heterocycles. The van der Waals surface area contributed by atoms with Crippen LogP contribution in [-0.4, -0.2) is 42.9 Å². The summed E-state index contributed by atoms with van der Waals surface area (Å²) in [5.74, 6) is 2.38. The molecule has 3 rings (SSSR count). The van der Waals surface area contributed by atoms with Gasteiger partial charge >= 0.3 is 0 Å². The monoisotopic (exact) mass is 277 g/mol. The van der Waals surface area contributed by atoms with E-state index in [4.69, 9.17) is 9.47 Å². The Morgan fingerprint density at radius 2 is 2.30 bits per heavy atom. The number of fused-ring (bicyclic) bond motifs is 1. The maximum absolute atomic E-state index is 9.25. The lowest BCUT2D eigenvalue weighted by molar-refractivity contribution is 0.217. The van der Waals surface area contributed by atoms with Gasteiger partial charge in [0.25, 0.3) is 0 Å². The Morgan fingerprint density at radius 1 is 1.45 bits per heavy atom. The summed E-state index contributed by atoms with van der Waals surface area (Å²) < 4.78 is 11.4. The molecule has 0 bridgehead atoms. The number of ether oxygens (including phenoxy) is 2. The predicted octanol–water partition coefficient (Wildman–Crippen LogP) is 1.83. The molecule has 2 atom stereocenters. The van der Waals surface area contributed by atoms with E-state index in [1.165, 1.54) is 11.1 Å². The average molecular weight is 277 g/mol. The van der Waals surface area contributed by atoms with Crippen molar-refractivity contribution in [3.05, 3.63) is 23.3 Å². The molecule has 20 heavy (non-hydrogen) atoms. The Labute approximate surface area is 120 Å². The van der Waals surface area contributed by atoms with Crippen LogP contribution in [0.1, 0.15) is 24.5 Å². The zero-order chi connectivity index (χ0) is 14.1. The third-order valence-electron chi connectivity index (χ3n) is 4.30. The van der Waals surface area contributed by atoms with Crippen LogP contribution >= 0.6 is 0 Å². The molecule has 0 aliphatic carbocycles. The first kappa shape index (κ1) is 13.7. The summed E-state index contributed by atoms with van der Waals surface area (Å²) in [6, 6.07) is 4.17. The Morgan fingerprint density at radius 3 is 3.00 bits per heavy atom. The van der Waals surface area contributed by atoms with Crippen molar-refractivity contribution in [2.75, 3.05) is 26.8 Å². The highest BCUT2D eigenvalue weighted by Crippen LogP contribution is 2.37. The van der Waals surface area contributed by atoms with Gasteiger partial charge in [0.1, 0.15) is 17.6 Å². The van der Waals surface area contributed by atoms with Crippen molar-refractivity contribution in [3.8, 4) is 11.5 Å². The van der Waals surface area contributed by atoms with Crippen molar-refractivity contribution in [2.45, 2.75) is 32.4 Å². The zero-order valence-electron chi connectivity index (χ0n) is 12.3. The number of likely N-dealkylation sites (tertiary alicyclic amines) is 1. The molecule has 1 aromatic rings. The summed E-state index contributed by atoms with van der Waals surface area (Å²) in [5.41, 5.74) is 2.46. The van der Waals surface area contributed by atoms with E-state index in [0.29, 0.717) is 12.5 Å². The first-order valence-electron chi connectivity index (χ1n) is 7.39. The first-order valence-corrected chi connectivity index (χ1v) is 7.39. The maximum Gasteiger partial charge on any atom is 0.127 e. The third kappa shape index (κ3) is 2.63. The van der Waals surface area contributed by atoms with Crippen molar-refractivity contribution in [1.29, 1.82) is 0 Å². The van der Waals surface area contributed by atoms with Crippen molar-refractivity contribution in [2.24, 2.45) is 5.92 Å². The molecule has 2 heterocycles. The van der Waals surface area contributed by atoms with Gasteiger partial charge in [-0.15, -0.1) is 0 Å². The Bertz CT molecular complexity index is 489. The molecule has 1 aromatic carbocycles. The molecule has 1 fully saturated rings.